The molecule has 1 aromatic carbocycles. The molecule has 22 heavy (non-hydrogen) atoms. The third-order valence-electron chi connectivity index (χ3n) is 3.37. The lowest BCUT2D eigenvalue weighted by atomic mass is 10.0. The Morgan fingerprint density at radius 1 is 1.27 bits per heavy atom. The Labute approximate surface area is 130 Å². The van der Waals surface area contributed by atoms with Gasteiger partial charge in [-0.05, 0) is 24.8 Å². The summed E-state index contributed by atoms with van der Waals surface area (Å²) in [5.74, 6) is -0.930. The van der Waals surface area contributed by atoms with E-state index in [4.69, 9.17) is 10.2 Å². The molecule has 2 amide bonds. The second-order valence-corrected chi connectivity index (χ2v) is 5.27. The predicted molar refractivity (Wildman–Crippen MR) is 83.7 cm³/mol. The number of benzene rings is 1. The highest BCUT2D eigenvalue weighted by molar-refractivity contribution is 5.75. The van der Waals surface area contributed by atoms with Gasteiger partial charge in [-0.15, -0.1) is 0 Å². The second-order valence-electron chi connectivity index (χ2n) is 5.27. The highest BCUT2D eigenvalue weighted by Crippen LogP contribution is 2.08. The fourth-order valence-corrected chi connectivity index (χ4v) is 2.11. The van der Waals surface area contributed by atoms with Gasteiger partial charge in [0.25, 0.3) is 0 Å². The van der Waals surface area contributed by atoms with Gasteiger partial charge in [0.2, 0.25) is 0 Å². The number of nitrogens with one attached hydrogen (secondary N) is 1. The van der Waals surface area contributed by atoms with Crippen molar-refractivity contribution in [2.24, 2.45) is 0 Å². The largest absolute Gasteiger partial charge is 0.481 e. The molecular weight excluding hydrogens is 284 g/mol. The van der Waals surface area contributed by atoms with E-state index in [2.05, 4.69) is 5.32 Å². The van der Waals surface area contributed by atoms with Crippen molar-refractivity contribution >= 4 is 12.0 Å². The summed E-state index contributed by atoms with van der Waals surface area (Å²) in [6.45, 7) is 0.245. The Bertz CT molecular complexity index is 464. The molecule has 1 rings (SSSR count). The Morgan fingerprint density at radius 2 is 1.95 bits per heavy atom. The highest BCUT2D eigenvalue weighted by atomic mass is 16.4. The summed E-state index contributed by atoms with van der Waals surface area (Å²) >= 11 is 0. The number of carboxylic acid groups (broad SMARTS) is 1. The number of amides is 2. The summed E-state index contributed by atoms with van der Waals surface area (Å²) in [4.78, 5) is 24.0. The molecule has 0 aromatic heterocycles. The van der Waals surface area contributed by atoms with E-state index in [9.17, 15) is 9.59 Å². The zero-order valence-electron chi connectivity index (χ0n) is 12.9. The molecule has 1 aromatic rings. The van der Waals surface area contributed by atoms with Crippen molar-refractivity contribution in [2.45, 2.75) is 31.7 Å². The smallest absolute Gasteiger partial charge is 0.317 e. The van der Waals surface area contributed by atoms with Crippen LogP contribution in [-0.4, -0.2) is 53.4 Å². The minimum Gasteiger partial charge on any atom is -0.481 e. The Balaban J connectivity index is 2.56. The van der Waals surface area contributed by atoms with Gasteiger partial charge < -0.3 is 20.4 Å². The monoisotopic (exact) mass is 308 g/mol. The number of rotatable bonds is 9. The molecule has 0 saturated heterocycles. The zero-order chi connectivity index (χ0) is 16.4. The molecule has 122 valence electrons. The summed E-state index contributed by atoms with van der Waals surface area (Å²) in [5.41, 5.74) is 1.11. The lowest BCUT2D eigenvalue weighted by Crippen LogP contribution is -2.44. The fraction of sp³-hybridized carbons (Fsp3) is 0.500. The molecule has 0 aliphatic rings. The SMILES string of the molecule is CN(CCC(=O)O)C(=O)NC(CCCO)Cc1ccccc1. The maximum absolute atomic E-state index is 12.1. The normalized spacial score (nSPS) is 11.7. The van der Waals surface area contributed by atoms with Gasteiger partial charge in [-0.3, -0.25) is 4.79 Å². The van der Waals surface area contributed by atoms with Gasteiger partial charge in [-0.1, -0.05) is 30.3 Å². The van der Waals surface area contributed by atoms with E-state index in [-0.39, 0.29) is 31.6 Å². The third-order valence-corrected chi connectivity index (χ3v) is 3.37. The summed E-state index contributed by atoms with van der Waals surface area (Å²) in [6, 6.07) is 9.43. The van der Waals surface area contributed by atoms with Crippen molar-refractivity contribution in [3.63, 3.8) is 0 Å². The van der Waals surface area contributed by atoms with Crippen molar-refractivity contribution < 1.29 is 19.8 Å². The van der Waals surface area contributed by atoms with E-state index in [0.717, 1.165) is 5.56 Å². The fourth-order valence-electron chi connectivity index (χ4n) is 2.11. The maximum atomic E-state index is 12.1. The second kappa shape index (κ2) is 9.78. The van der Waals surface area contributed by atoms with Crippen LogP contribution in [0.5, 0.6) is 0 Å². The molecule has 0 aliphatic carbocycles. The summed E-state index contributed by atoms with van der Waals surface area (Å²) < 4.78 is 0. The minimum absolute atomic E-state index is 0.0794. The van der Waals surface area contributed by atoms with Gasteiger partial charge in [0.05, 0.1) is 6.42 Å². The van der Waals surface area contributed by atoms with Crippen LogP contribution in [0.4, 0.5) is 4.79 Å². The summed E-state index contributed by atoms with van der Waals surface area (Å²) in [6.07, 6.45) is 1.88. The standard InChI is InChI=1S/C16H24N2O4/c1-18(10-9-15(20)21)16(22)17-14(8-5-11-19)12-13-6-3-2-4-7-13/h2-4,6-7,14,19H,5,8-12H2,1H3,(H,17,22)(H,20,21). The minimum atomic E-state index is -0.930. The predicted octanol–water partition coefficient (Wildman–Crippen LogP) is 1.49. The van der Waals surface area contributed by atoms with Gasteiger partial charge in [-0.2, -0.15) is 0 Å². The quantitative estimate of drug-likeness (QED) is 0.644. The topological polar surface area (TPSA) is 89.9 Å². The Kier molecular flexibility index (Phi) is 7.99. The molecule has 0 saturated carbocycles. The van der Waals surface area contributed by atoms with Gasteiger partial charge in [0.1, 0.15) is 0 Å². The number of hydrogen-bond acceptors (Lipinski definition) is 3. The van der Waals surface area contributed by atoms with E-state index in [0.29, 0.717) is 19.3 Å². The number of aliphatic carboxylic acids is 1. The van der Waals surface area contributed by atoms with Crippen molar-refractivity contribution in [1.82, 2.24) is 10.2 Å². The molecule has 3 N–H and O–H groups in total. The molecule has 0 bridgehead atoms. The number of aliphatic hydroxyl groups is 1. The molecule has 0 aliphatic heterocycles. The zero-order valence-corrected chi connectivity index (χ0v) is 12.9. The number of aliphatic hydroxyl groups excluding tert-OH is 1. The number of carbonyl (C=O) groups excluding carboxylic acids is 1. The lowest BCUT2D eigenvalue weighted by Gasteiger charge is -2.23. The number of carboxylic acids is 1. The van der Waals surface area contributed by atoms with Crippen molar-refractivity contribution in [3.8, 4) is 0 Å². The van der Waals surface area contributed by atoms with Crippen molar-refractivity contribution in [1.29, 1.82) is 0 Å². The molecule has 0 radical (unpaired) electrons. The first-order valence-corrected chi connectivity index (χ1v) is 7.41. The molecular formula is C16H24N2O4. The average Bonchev–Trinajstić information content (AvgIpc) is 2.51. The number of carbonyl (C=O) groups is 2. The van der Waals surface area contributed by atoms with Crippen LogP contribution in [-0.2, 0) is 11.2 Å². The number of hydrogen-bond donors (Lipinski definition) is 3. The molecule has 1 atom stereocenters. The lowest BCUT2D eigenvalue weighted by molar-refractivity contribution is -0.137. The Hall–Kier alpha value is -2.08. The third kappa shape index (κ3) is 7.08. The van der Waals surface area contributed by atoms with E-state index in [1.807, 2.05) is 30.3 Å². The van der Waals surface area contributed by atoms with E-state index < -0.39 is 5.97 Å². The van der Waals surface area contributed by atoms with Crippen LogP contribution in [0, 0.1) is 0 Å². The first-order valence-electron chi connectivity index (χ1n) is 7.41. The van der Waals surface area contributed by atoms with E-state index in [1.165, 1.54) is 4.90 Å². The van der Waals surface area contributed by atoms with Crippen LogP contribution < -0.4 is 5.32 Å². The van der Waals surface area contributed by atoms with Crippen LogP contribution >= 0.6 is 0 Å². The molecule has 6 heteroatoms. The Morgan fingerprint density at radius 3 is 2.55 bits per heavy atom. The average molecular weight is 308 g/mol. The summed E-state index contributed by atoms with van der Waals surface area (Å²) in [5, 5.41) is 20.5. The molecule has 6 nitrogen and oxygen atoms in total. The summed E-state index contributed by atoms with van der Waals surface area (Å²) in [7, 11) is 1.57. The molecule has 0 fully saturated rings. The van der Waals surface area contributed by atoms with Crippen LogP contribution in [0.2, 0.25) is 0 Å². The van der Waals surface area contributed by atoms with Gasteiger partial charge in [0.15, 0.2) is 0 Å². The highest BCUT2D eigenvalue weighted by Gasteiger charge is 2.16. The molecule has 0 spiro atoms. The van der Waals surface area contributed by atoms with Crippen LogP contribution in [0.25, 0.3) is 0 Å². The van der Waals surface area contributed by atoms with E-state index >= 15 is 0 Å². The van der Waals surface area contributed by atoms with Crippen molar-refractivity contribution in [2.75, 3.05) is 20.2 Å². The first-order chi connectivity index (χ1) is 10.5. The van der Waals surface area contributed by atoms with Crippen LogP contribution in [0.3, 0.4) is 0 Å². The molecule has 0 heterocycles. The van der Waals surface area contributed by atoms with Gasteiger partial charge >= 0.3 is 12.0 Å². The van der Waals surface area contributed by atoms with Gasteiger partial charge in [0, 0.05) is 26.2 Å². The van der Waals surface area contributed by atoms with Crippen molar-refractivity contribution in [3.05, 3.63) is 35.9 Å². The number of nitrogens with zero attached hydrogens (tertiary/aromatic N) is 1. The molecule has 1 unspecified atom stereocenters. The van der Waals surface area contributed by atoms with Gasteiger partial charge in [-0.25, -0.2) is 4.79 Å². The van der Waals surface area contributed by atoms with Crippen LogP contribution in [0.1, 0.15) is 24.8 Å². The van der Waals surface area contributed by atoms with Crippen LogP contribution in [0.15, 0.2) is 30.3 Å². The number of urea groups is 1. The maximum Gasteiger partial charge on any atom is 0.317 e. The van der Waals surface area contributed by atoms with E-state index in [1.54, 1.807) is 7.05 Å². The first kappa shape index (κ1) is 18.0.